The number of benzene rings is 1. The van der Waals surface area contributed by atoms with Gasteiger partial charge in [0.1, 0.15) is 11.5 Å². The van der Waals surface area contributed by atoms with Gasteiger partial charge in [0.15, 0.2) is 0 Å². The molecule has 0 saturated carbocycles. The Bertz CT molecular complexity index is 942. The summed E-state index contributed by atoms with van der Waals surface area (Å²) in [7, 11) is 0. The number of hydrogen-bond donors (Lipinski definition) is 2. The van der Waals surface area contributed by atoms with Gasteiger partial charge in [0.05, 0.1) is 0 Å². The van der Waals surface area contributed by atoms with Gasteiger partial charge >= 0.3 is 0 Å². The van der Waals surface area contributed by atoms with Crippen LogP contribution in [0.1, 0.15) is 0 Å². The number of H-pyrrole nitrogens is 1. The maximum atomic E-state index is 5.77. The highest BCUT2D eigenvalue weighted by molar-refractivity contribution is 5.96. The number of nitrogens with zero attached hydrogens (tertiary/aromatic N) is 2. The predicted molar refractivity (Wildman–Crippen MR) is 89.2 cm³/mol. The highest BCUT2D eigenvalue weighted by Crippen LogP contribution is 2.31. The largest absolute Gasteiger partial charge is 0.384 e. The molecule has 0 fully saturated rings. The second kappa shape index (κ2) is 5.00. The molecular formula is C18H14N4. The lowest BCUT2D eigenvalue weighted by molar-refractivity contribution is 1.30. The molecule has 1 aromatic carbocycles. The van der Waals surface area contributed by atoms with Gasteiger partial charge in [0.2, 0.25) is 0 Å². The summed E-state index contributed by atoms with van der Waals surface area (Å²) in [4.78, 5) is 11.8. The molecule has 106 valence electrons. The molecule has 0 aliphatic carbocycles. The zero-order valence-corrected chi connectivity index (χ0v) is 11.8. The van der Waals surface area contributed by atoms with Crippen LogP contribution in [0.4, 0.5) is 5.82 Å². The first-order valence-electron chi connectivity index (χ1n) is 7.06. The van der Waals surface area contributed by atoms with Crippen molar-refractivity contribution in [2.75, 3.05) is 5.73 Å². The second-order valence-corrected chi connectivity index (χ2v) is 5.14. The molecular weight excluding hydrogens is 272 g/mol. The van der Waals surface area contributed by atoms with E-state index in [1.165, 1.54) is 5.56 Å². The van der Waals surface area contributed by atoms with Gasteiger partial charge in [-0.25, -0.2) is 9.97 Å². The minimum atomic E-state index is 0.507. The highest BCUT2D eigenvalue weighted by Gasteiger charge is 2.09. The first kappa shape index (κ1) is 12.6. The van der Waals surface area contributed by atoms with Gasteiger partial charge in [-0.2, -0.15) is 0 Å². The van der Waals surface area contributed by atoms with Crippen molar-refractivity contribution in [2.45, 2.75) is 0 Å². The molecule has 0 bridgehead atoms. The SMILES string of the molecule is Nc1cc(-c2cc3c(-c4ccccc4)ccnc3[nH]2)ccn1. The molecule has 0 aliphatic heterocycles. The molecule has 0 radical (unpaired) electrons. The summed E-state index contributed by atoms with van der Waals surface area (Å²) in [6, 6.07) is 18.2. The molecule has 4 nitrogen and oxygen atoms in total. The zero-order chi connectivity index (χ0) is 14.9. The van der Waals surface area contributed by atoms with Gasteiger partial charge in [-0.05, 0) is 35.4 Å². The Morgan fingerprint density at radius 2 is 1.64 bits per heavy atom. The van der Waals surface area contributed by atoms with Crippen molar-refractivity contribution in [1.82, 2.24) is 15.0 Å². The van der Waals surface area contributed by atoms with E-state index in [-0.39, 0.29) is 0 Å². The summed E-state index contributed by atoms with van der Waals surface area (Å²) in [6.45, 7) is 0. The average molecular weight is 286 g/mol. The maximum Gasteiger partial charge on any atom is 0.138 e. The lowest BCUT2D eigenvalue weighted by atomic mass is 10.0. The number of anilines is 1. The van der Waals surface area contributed by atoms with Gasteiger partial charge in [0.25, 0.3) is 0 Å². The predicted octanol–water partition coefficient (Wildman–Crippen LogP) is 3.87. The third kappa shape index (κ3) is 2.11. The number of fused-ring (bicyclic) bond motifs is 1. The van der Waals surface area contributed by atoms with Crippen LogP contribution in [0.2, 0.25) is 0 Å². The van der Waals surface area contributed by atoms with Crippen molar-refractivity contribution in [2.24, 2.45) is 0 Å². The molecule has 4 aromatic rings. The molecule has 0 amide bonds. The Hall–Kier alpha value is -3.14. The normalized spacial score (nSPS) is 10.9. The van der Waals surface area contributed by atoms with E-state index < -0.39 is 0 Å². The van der Waals surface area contributed by atoms with Gasteiger partial charge in [0, 0.05) is 29.0 Å². The van der Waals surface area contributed by atoms with Crippen LogP contribution in [0.5, 0.6) is 0 Å². The first-order valence-corrected chi connectivity index (χ1v) is 7.06. The van der Waals surface area contributed by atoms with Crippen molar-refractivity contribution in [3.8, 4) is 22.4 Å². The third-order valence-electron chi connectivity index (χ3n) is 3.71. The Labute approximate surface area is 127 Å². The number of rotatable bonds is 2. The third-order valence-corrected chi connectivity index (χ3v) is 3.71. The fraction of sp³-hybridized carbons (Fsp3) is 0. The molecule has 3 heterocycles. The Balaban J connectivity index is 1.92. The van der Waals surface area contributed by atoms with Gasteiger partial charge in [-0.3, -0.25) is 0 Å². The van der Waals surface area contributed by atoms with Gasteiger partial charge in [-0.1, -0.05) is 30.3 Å². The molecule has 0 spiro atoms. The van der Waals surface area contributed by atoms with Crippen molar-refractivity contribution < 1.29 is 0 Å². The molecule has 3 N–H and O–H groups in total. The van der Waals surface area contributed by atoms with E-state index in [4.69, 9.17) is 5.73 Å². The molecule has 0 aliphatic rings. The first-order chi connectivity index (χ1) is 10.8. The molecule has 22 heavy (non-hydrogen) atoms. The number of aromatic amines is 1. The van der Waals surface area contributed by atoms with Crippen LogP contribution in [-0.2, 0) is 0 Å². The van der Waals surface area contributed by atoms with E-state index in [0.717, 1.165) is 27.9 Å². The average Bonchev–Trinajstić information content (AvgIpc) is 3.00. The zero-order valence-electron chi connectivity index (χ0n) is 11.8. The minimum Gasteiger partial charge on any atom is -0.384 e. The number of nitrogens with one attached hydrogen (secondary N) is 1. The second-order valence-electron chi connectivity index (χ2n) is 5.14. The summed E-state index contributed by atoms with van der Waals surface area (Å²) in [6.07, 6.45) is 3.54. The quantitative estimate of drug-likeness (QED) is 0.587. The molecule has 3 aromatic heterocycles. The molecule has 0 unspecified atom stereocenters. The number of aromatic nitrogens is 3. The number of nitrogen functional groups attached to an aromatic ring is 1. The van der Waals surface area contributed by atoms with Crippen LogP contribution in [0.25, 0.3) is 33.4 Å². The smallest absolute Gasteiger partial charge is 0.138 e. The van der Waals surface area contributed by atoms with E-state index >= 15 is 0 Å². The van der Waals surface area contributed by atoms with Crippen molar-refractivity contribution >= 4 is 16.9 Å². The molecule has 4 heteroatoms. The van der Waals surface area contributed by atoms with E-state index in [1.807, 2.05) is 42.6 Å². The van der Waals surface area contributed by atoms with Crippen molar-refractivity contribution in [1.29, 1.82) is 0 Å². The van der Waals surface area contributed by atoms with Crippen molar-refractivity contribution in [3.05, 3.63) is 67.0 Å². The number of hydrogen-bond acceptors (Lipinski definition) is 3. The van der Waals surface area contributed by atoms with Crippen LogP contribution in [0.15, 0.2) is 67.0 Å². The van der Waals surface area contributed by atoms with Crippen LogP contribution in [-0.4, -0.2) is 15.0 Å². The topological polar surface area (TPSA) is 67.6 Å². The maximum absolute atomic E-state index is 5.77. The molecule has 0 saturated heterocycles. The van der Waals surface area contributed by atoms with Crippen LogP contribution >= 0.6 is 0 Å². The Morgan fingerprint density at radius 3 is 2.45 bits per heavy atom. The Morgan fingerprint density at radius 1 is 0.818 bits per heavy atom. The van der Waals surface area contributed by atoms with E-state index in [9.17, 15) is 0 Å². The fourth-order valence-corrected chi connectivity index (χ4v) is 2.67. The van der Waals surface area contributed by atoms with Gasteiger partial charge < -0.3 is 10.7 Å². The summed E-state index contributed by atoms with van der Waals surface area (Å²) < 4.78 is 0. The van der Waals surface area contributed by atoms with Crippen LogP contribution in [0.3, 0.4) is 0 Å². The summed E-state index contributed by atoms with van der Waals surface area (Å²) >= 11 is 0. The lowest BCUT2D eigenvalue weighted by Crippen LogP contribution is -1.89. The fourth-order valence-electron chi connectivity index (χ4n) is 2.67. The van der Waals surface area contributed by atoms with E-state index in [0.29, 0.717) is 5.82 Å². The molecule has 4 rings (SSSR count). The van der Waals surface area contributed by atoms with E-state index in [1.54, 1.807) is 6.20 Å². The lowest BCUT2D eigenvalue weighted by Gasteiger charge is -2.02. The molecule has 0 atom stereocenters. The number of nitrogens with two attached hydrogens (primary N) is 1. The summed E-state index contributed by atoms with van der Waals surface area (Å²) in [5, 5.41) is 1.10. The monoisotopic (exact) mass is 286 g/mol. The summed E-state index contributed by atoms with van der Waals surface area (Å²) in [5.41, 5.74) is 11.0. The van der Waals surface area contributed by atoms with Crippen LogP contribution < -0.4 is 5.73 Å². The summed E-state index contributed by atoms with van der Waals surface area (Å²) in [5.74, 6) is 0.507. The van der Waals surface area contributed by atoms with Gasteiger partial charge in [-0.15, -0.1) is 0 Å². The van der Waals surface area contributed by atoms with Crippen molar-refractivity contribution in [3.63, 3.8) is 0 Å². The Kier molecular flexibility index (Phi) is 2.86. The highest BCUT2D eigenvalue weighted by atomic mass is 14.9. The van der Waals surface area contributed by atoms with Crippen LogP contribution in [0, 0.1) is 0 Å². The van der Waals surface area contributed by atoms with E-state index in [2.05, 4.69) is 33.2 Å². The minimum absolute atomic E-state index is 0.507. The standard InChI is InChI=1S/C18H14N4/c19-17-10-13(6-8-20-17)16-11-15-14(7-9-21-18(15)22-16)12-4-2-1-3-5-12/h1-11H,(H2,19,20)(H,21,22). The number of pyridine rings is 2.